The molecule has 0 saturated carbocycles. The first-order valence-electron chi connectivity index (χ1n) is 9.94. The summed E-state index contributed by atoms with van der Waals surface area (Å²) in [6.45, 7) is 4.10. The molecule has 8 heteroatoms. The zero-order chi connectivity index (χ0) is 22.0. The summed E-state index contributed by atoms with van der Waals surface area (Å²) in [6, 6.07) is 16.1. The molecule has 31 heavy (non-hydrogen) atoms. The SMILES string of the molecule is COCC(=O)Nc1ccc(N2C(=S)N[C@H](c3ccccn3)[C@H]2c2ccc(C)s2)cc1C. The van der Waals surface area contributed by atoms with Crippen LogP contribution in [-0.2, 0) is 9.53 Å². The number of aryl methyl sites for hydroxylation is 2. The maximum Gasteiger partial charge on any atom is 0.250 e. The molecule has 0 unspecified atom stereocenters. The van der Waals surface area contributed by atoms with E-state index in [1.165, 1.54) is 16.9 Å². The summed E-state index contributed by atoms with van der Waals surface area (Å²) in [4.78, 5) is 21.1. The Labute approximate surface area is 191 Å². The number of hydrogen-bond acceptors (Lipinski definition) is 5. The maximum absolute atomic E-state index is 11.9. The summed E-state index contributed by atoms with van der Waals surface area (Å²) in [7, 11) is 1.50. The molecular weight excluding hydrogens is 428 g/mol. The average molecular weight is 453 g/mol. The maximum atomic E-state index is 11.9. The first-order chi connectivity index (χ1) is 15.0. The van der Waals surface area contributed by atoms with Gasteiger partial charge in [-0.1, -0.05) is 6.07 Å². The van der Waals surface area contributed by atoms with Gasteiger partial charge in [-0.2, -0.15) is 0 Å². The van der Waals surface area contributed by atoms with Crippen LogP contribution in [0.15, 0.2) is 54.7 Å². The fourth-order valence-electron chi connectivity index (χ4n) is 3.79. The van der Waals surface area contributed by atoms with Crippen LogP contribution < -0.4 is 15.5 Å². The Bertz CT molecular complexity index is 1100. The lowest BCUT2D eigenvalue weighted by molar-refractivity contribution is -0.119. The standard InChI is InChI=1S/C23H24N4O2S2/c1-14-12-16(8-9-17(14)25-20(28)13-29-3)27-22(19-10-7-15(2)31-19)21(26-23(27)30)18-6-4-5-11-24-18/h4-12,21-22H,13H2,1-3H3,(H,25,28)(H,26,30)/t21-,22-/m1/s1. The molecule has 1 aliphatic rings. The zero-order valence-corrected chi connectivity index (χ0v) is 19.2. The Morgan fingerprint density at radius 3 is 2.74 bits per heavy atom. The molecule has 0 aliphatic carbocycles. The summed E-state index contributed by atoms with van der Waals surface area (Å²) in [5, 5.41) is 7.01. The molecule has 0 radical (unpaired) electrons. The molecule has 160 valence electrons. The highest BCUT2D eigenvalue weighted by Crippen LogP contribution is 2.44. The molecule has 3 heterocycles. The number of thiophene rings is 1. The van der Waals surface area contributed by atoms with Crippen molar-refractivity contribution in [1.82, 2.24) is 10.3 Å². The van der Waals surface area contributed by atoms with Gasteiger partial charge in [-0.15, -0.1) is 11.3 Å². The Kier molecular flexibility index (Phi) is 6.31. The van der Waals surface area contributed by atoms with Crippen molar-refractivity contribution in [3.63, 3.8) is 0 Å². The molecule has 0 bridgehead atoms. The van der Waals surface area contributed by atoms with Gasteiger partial charge < -0.3 is 20.3 Å². The van der Waals surface area contributed by atoms with Crippen LogP contribution in [0.4, 0.5) is 11.4 Å². The molecule has 1 aromatic carbocycles. The first kappa shape index (κ1) is 21.4. The second-order valence-electron chi connectivity index (χ2n) is 7.43. The van der Waals surface area contributed by atoms with Crippen molar-refractivity contribution in [2.45, 2.75) is 25.9 Å². The smallest absolute Gasteiger partial charge is 0.250 e. The van der Waals surface area contributed by atoms with E-state index >= 15 is 0 Å². The van der Waals surface area contributed by atoms with Crippen LogP contribution in [0.3, 0.4) is 0 Å². The number of rotatable bonds is 6. The van der Waals surface area contributed by atoms with Crippen LogP contribution in [0, 0.1) is 13.8 Å². The molecular formula is C23H24N4O2S2. The van der Waals surface area contributed by atoms with Gasteiger partial charge in [0.25, 0.3) is 0 Å². The average Bonchev–Trinajstić information content (AvgIpc) is 3.33. The molecule has 3 aromatic rings. The summed E-state index contributed by atoms with van der Waals surface area (Å²) < 4.78 is 4.90. The quantitative estimate of drug-likeness (QED) is 0.536. The molecule has 2 atom stereocenters. The van der Waals surface area contributed by atoms with Gasteiger partial charge in [-0.05, 0) is 74.1 Å². The van der Waals surface area contributed by atoms with E-state index in [2.05, 4.69) is 39.6 Å². The highest BCUT2D eigenvalue weighted by atomic mass is 32.1. The predicted octanol–water partition coefficient (Wildman–Crippen LogP) is 4.52. The summed E-state index contributed by atoms with van der Waals surface area (Å²) in [6.07, 6.45) is 1.81. The number of anilines is 2. The van der Waals surface area contributed by atoms with Gasteiger partial charge in [0.2, 0.25) is 5.91 Å². The van der Waals surface area contributed by atoms with Gasteiger partial charge in [0.05, 0.1) is 17.8 Å². The van der Waals surface area contributed by atoms with E-state index in [1.54, 1.807) is 17.5 Å². The molecule has 1 saturated heterocycles. The molecule has 2 aromatic heterocycles. The Morgan fingerprint density at radius 1 is 1.26 bits per heavy atom. The van der Waals surface area contributed by atoms with Crippen molar-refractivity contribution in [2.24, 2.45) is 0 Å². The van der Waals surface area contributed by atoms with Gasteiger partial charge in [-0.3, -0.25) is 9.78 Å². The molecule has 1 amide bonds. The Morgan fingerprint density at radius 2 is 2.10 bits per heavy atom. The molecule has 0 spiro atoms. The van der Waals surface area contributed by atoms with Crippen LogP contribution >= 0.6 is 23.6 Å². The number of ether oxygens (including phenoxy) is 1. The Balaban J connectivity index is 1.71. The number of amides is 1. The van der Waals surface area contributed by atoms with Crippen molar-refractivity contribution in [3.8, 4) is 0 Å². The van der Waals surface area contributed by atoms with E-state index in [9.17, 15) is 4.79 Å². The summed E-state index contributed by atoms with van der Waals surface area (Å²) in [5.74, 6) is -0.182. The van der Waals surface area contributed by atoms with Crippen molar-refractivity contribution in [2.75, 3.05) is 23.9 Å². The van der Waals surface area contributed by atoms with Crippen molar-refractivity contribution in [3.05, 3.63) is 75.7 Å². The number of pyridine rings is 1. The minimum Gasteiger partial charge on any atom is -0.375 e. The van der Waals surface area contributed by atoms with Crippen molar-refractivity contribution in [1.29, 1.82) is 0 Å². The second kappa shape index (κ2) is 9.13. The monoisotopic (exact) mass is 452 g/mol. The third-order valence-corrected chi connectivity index (χ3v) is 6.57. The minimum atomic E-state index is -0.182. The van der Waals surface area contributed by atoms with Crippen molar-refractivity contribution < 1.29 is 9.53 Å². The number of nitrogens with one attached hydrogen (secondary N) is 2. The Hall–Kier alpha value is -2.81. The lowest BCUT2D eigenvalue weighted by Crippen LogP contribution is -2.29. The van der Waals surface area contributed by atoms with Crippen LogP contribution in [-0.4, -0.2) is 29.7 Å². The van der Waals surface area contributed by atoms with E-state index < -0.39 is 0 Å². The minimum absolute atomic E-state index is 0.0190. The molecule has 6 nitrogen and oxygen atoms in total. The third kappa shape index (κ3) is 4.46. The molecule has 2 N–H and O–H groups in total. The fraction of sp³-hybridized carbons (Fsp3) is 0.261. The predicted molar refractivity (Wildman–Crippen MR) is 129 cm³/mol. The largest absolute Gasteiger partial charge is 0.375 e. The van der Waals surface area contributed by atoms with E-state index in [-0.39, 0.29) is 24.6 Å². The third-order valence-electron chi connectivity index (χ3n) is 5.19. The summed E-state index contributed by atoms with van der Waals surface area (Å²) in [5.41, 5.74) is 3.62. The van der Waals surface area contributed by atoms with Gasteiger partial charge >= 0.3 is 0 Å². The molecule has 1 aliphatic heterocycles. The highest BCUT2D eigenvalue weighted by molar-refractivity contribution is 7.80. The number of benzene rings is 1. The topological polar surface area (TPSA) is 66.5 Å². The number of nitrogens with zero attached hydrogens (tertiary/aromatic N) is 2. The number of methoxy groups -OCH3 is 1. The van der Waals surface area contributed by atoms with E-state index in [1.807, 2.05) is 43.3 Å². The van der Waals surface area contributed by atoms with Crippen LogP contribution in [0.1, 0.15) is 33.1 Å². The van der Waals surface area contributed by atoms with Gasteiger partial charge in [0, 0.05) is 34.4 Å². The van der Waals surface area contributed by atoms with Crippen LogP contribution in [0.25, 0.3) is 0 Å². The number of thiocarbonyl (C=S) groups is 1. The van der Waals surface area contributed by atoms with E-state index in [0.29, 0.717) is 5.11 Å². The normalized spacial score (nSPS) is 18.2. The molecule has 4 rings (SSSR count). The number of carbonyl (C=O) groups excluding carboxylic acids is 1. The second-order valence-corrected chi connectivity index (χ2v) is 9.13. The fourth-order valence-corrected chi connectivity index (χ4v) is 5.14. The van der Waals surface area contributed by atoms with Gasteiger partial charge in [0.15, 0.2) is 5.11 Å². The zero-order valence-electron chi connectivity index (χ0n) is 17.6. The van der Waals surface area contributed by atoms with Gasteiger partial charge in [-0.25, -0.2) is 0 Å². The summed E-state index contributed by atoms with van der Waals surface area (Å²) >= 11 is 7.53. The molecule has 1 fully saturated rings. The van der Waals surface area contributed by atoms with Crippen molar-refractivity contribution >= 4 is 45.9 Å². The lowest BCUT2D eigenvalue weighted by atomic mass is 10.0. The van der Waals surface area contributed by atoms with Gasteiger partial charge in [0.1, 0.15) is 6.61 Å². The highest BCUT2D eigenvalue weighted by Gasteiger charge is 2.41. The van der Waals surface area contributed by atoms with Crippen LogP contribution in [0.2, 0.25) is 0 Å². The number of aromatic nitrogens is 1. The number of hydrogen-bond donors (Lipinski definition) is 2. The number of carbonyl (C=O) groups is 1. The van der Waals surface area contributed by atoms with E-state index in [4.69, 9.17) is 17.0 Å². The first-order valence-corrected chi connectivity index (χ1v) is 11.2. The van der Waals surface area contributed by atoms with E-state index in [0.717, 1.165) is 22.6 Å². The lowest BCUT2D eigenvalue weighted by Gasteiger charge is -2.27. The van der Waals surface area contributed by atoms with Crippen LogP contribution in [0.5, 0.6) is 0 Å².